The lowest BCUT2D eigenvalue weighted by Gasteiger charge is -2.13. The predicted molar refractivity (Wildman–Crippen MR) is 77.3 cm³/mol. The third-order valence-corrected chi connectivity index (χ3v) is 2.39. The number of methoxy groups -OCH3 is 1. The zero-order valence-electron chi connectivity index (χ0n) is 11.9. The summed E-state index contributed by atoms with van der Waals surface area (Å²) in [6.45, 7) is 4.55. The van der Waals surface area contributed by atoms with E-state index in [4.69, 9.17) is 15.3 Å². The first-order valence-corrected chi connectivity index (χ1v) is 6.33. The maximum Gasteiger partial charge on any atom is 0.210 e. The van der Waals surface area contributed by atoms with Crippen molar-refractivity contribution in [3.8, 4) is 5.75 Å². The van der Waals surface area contributed by atoms with E-state index in [9.17, 15) is 4.39 Å². The van der Waals surface area contributed by atoms with Crippen LogP contribution in [0.4, 0.5) is 10.1 Å². The molecule has 0 spiro atoms. The molecule has 0 radical (unpaired) electrons. The largest absolute Gasteiger partial charge is 0.491 e. The zero-order valence-corrected chi connectivity index (χ0v) is 11.9. The van der Waals surface area contributed by atoms with Crippen LogP contribution in [0.1, 0.15) is 13.8 Å². The highest BCUT2D eigenvalue weighted by Crippen LogP contribution is 2.21. The van der Waals surface area contributed by atoms with Gasteiger partial charge in [-0.2, -0.15) is 0 Å². The number of nitrogens with two attached hydrogens (primary N) is 1. The van der Waals surface area contributed by atoms with Gasteiger partial charge in [-0.25, -0.2) is 15.2 Å². The number of anilines is 1. The van der Waals surface area contributed by atoms with Crippen LogP contribution >= 0.6 is 0 Å². The Hall–Kier alpha value is -1.86. The molecule has 0 aliphatic rings. The Labute approximate surface area is 118 Å². The standard InChI is InChI=1S/C13H21FN4O2/c1-4-20-12-6-5-10(7-11(12)14)17-13(18-15)16-9(2)8-19-3/h5-7,9H,4,8,15H2,1-3H3,(H2,16,17,18). The molecule has 1 aromatic rings. The first-order valence-electron chi connectivity index (χ1n) is 6.33. The molecule has 6 nitrogen and oxygen atoms in total. The Kier molecular flexibility index (Phi) is 6.75. The van der Waals surface area contributed by atoms with E-state index in [1.54, 1.807) is 26.2 Å². The van der Waals surface area contributed by atoms with Crippen LogP contribution in [0.3, 0.4) is 0 Å². The normalized spacial score (nSPS) is 12.9. The first-order chi connectivity index (χ1) is 9.60. The van der Waals surface area contributed by atoms with Crippen LogP contribution in [-0.2, 0) is 4.74 Å². The Bertz CT molecular complexity index is 454. The van der Waals surface area contributed by atoms with Crippen molar-refractivity contribution < 1.29 is 13.9 Å². The maximum absolute atomic E-state index is 13.7. The number of halogens is 1. The summed E-state index contributed by atoms with van der Waals surface area (Å²) < 4.78 is 23.8. The third-order valence-electron chi connectivity index (χ3n) is 2.39. The van der Waals surface area contributed by atoms with Crippen molar-refractivity contribution in [1.82, 2.24) is 5.43 Å². The topological polar surface area (TPSA) is 80.9 Å². The van der Waals surface area contributed by atoms with Gasteiger partial charge < -0.3 is 14.8 Å². The predicted octanol–water partition coefficient (Wildman–Crippen LogP) is 1.49. The minimum atomic E-state index is -0.446. The molecule has 0 aliphatic carbocycles. The lowest BCUT2D eigenvalue weighted by Crippen LogP contribution is -2.37. The van der Waals surface area contributed by atoms with Crippen molar-refractivity contribution in [2.75, 3.05) is 25.6 Å². The fraction of sp³-hybridized carbons (Fsp3) is 0.462. The van der Waals surface area contributed by atoms with Crippen LogP contribution in [0.15, 0.2) is 23.2 Å². The summed E-state index contributed by atoms with van der Waals surface area (Å²) in [5, 5.41) is 2.89. The third kappa shape index (κ3) is 5.02. The van der Waals surface area contributed by atoms with Crippen molar-refractivity contribution in [2.24, 2.45) is 10.8 Å². The van der Waals surface area contributed by atoms with Gasteiger partial charge in [0.25, 0.3) is 0 Å². The molecule has 0 saturated carbocycles. The molecule has 0 amide bonds. The Balaban J connectivity index is 2.77. The molecular formula is C13H21FN4O2. The van der Waals surface area contributed by atoms with Crippen LogP contribution in [0.5, 0.6) is 5.75 Å². The number of rotatable bonds is 6. The molecule has 7 heteroatoms. The van der Waals surface area contributed by atoms with E-state index in [1.807, 2.05) is 6.92 Å². The Morgan fingerprint density at radius 1 is 1.50 bits per heavy atom. The number of hydrazine groups is 1. The Morgan fingerprint density at radius 3 is 2.80 bits per heavy atom. The van der Waals surface area contributed by atoms with Gasteiger partial charge in [0.05, 0.1) is 19.3 Å². The van der Waals surface area contributed by atoms with E-state index in [-0.39, 0.29) is 11.8 Å². The maximum atomic E-state index is 13.7. The number of nitrogens with zero attached hydrogens (tertiary/aromatic N) is 1. The minimum Gasteiger partial charge on any atom is -0.491 e. The second-order valence-electron chi connectivity index (χ2n) is 4.13. The summed E-state index contributed by atoms with van der Waals surface area (Å²) in [4.78, 5) is 4.26. The van der Waals surface area contributed by atoms with E-state index < -0.39 is 5.82 Å². The minimum absolute atomic E-state index is 0.0777. The van der Waals surface area contributed by atoms with Gasteiger partial charge in [0.1, 0.15) is 0 Å². The number of hydrogen-bond acceptors (Lipinski definition) is 4. The van der Waals surface area contributed by atoms with Gasteiger partial charge in [0.2, 0.25) is 5.96 Å². The van der Waals surface area contributed by atoms with E-state index >= 15 is 0 Å². The quantitative estimate of drug-likeness (QED) is 0.319. The molecular weight excluding hydrogens is 263 g/mol. The molecule has 1 atom stereocenters. The van der Waals surface area contributed by atoms with Gasteiger partial charge in [0.15, 0.2) is 11.6 Å². The first kappa shape index (κ1) is 16.2. The summed E-state index contributed by atoms with van der Waals surface area (Å²) >= 11 is 0. The second-order valence-corrected chi connectivity index (χ2v) is 4.13. The van der Waals surface area contributed by atoms with E-state index in [1.165, 1.54) is 6.07 Å². The van der Waals surface area contributed by atoms with Gasteiger partial charge in [-0.3, -0.25) is 5.43 Å². The molecule has 4 N–H and O–H groups in total. The summed E-state index contributed by atoms with van der Waals surface area (Å²) in [7, 11) is 1.59. The van der Waals surface area contributed by atoms with Crippen LogP contribution in [0.2, 0.25) is 0 Å². The van der Waals surface area contributed by atoms with E-state index in [2.05, 4.69) is 15.7 Å². The molecule has 0 saturated heterocycles. The van der Waals surface area contributed by atoms with Gasteiger partial charge >= 0.3 is 0 Å². The van der Waals surface area contributed by atoms with Crippen molar-refractivity contribution in [3.63, 3.8) is 0 Å². The van der Waals surface area contributed by atoms with Crippen molar-refractivity contribution in [2.45, 2.75) is 19.9 Å². The molecule has 112 valence electrons. The number of guanidine groups is 1. The number of nitrogens with one attached hydrogen (secondary N) is 2. The molecule has 1 unspecified atom stereocenters. The molecule has 0 fully saturated rings. The molecule has 0 aromatic heterocycles. The van der Waals surface area contributed by atoms with Gasteiger partial charge in [-0.15, -0.1) is 0 Å². The van der Waals surface area contributed by atoms with Crippen LogP contribution in [0, 0.1) is 5.82 Å². The summed E-state index contributed by atoms with van der Waals surface area (Å²) in [6.07, 6.45) is 0. The fourth-order valence-electron chi connectivity index (χ4n) is 1.59. The van der Waals surface area contributed by atoms with Gasteiger partial charge in [-0.05, 0) is 26.0 Å². The number of benzene rings is 1. The highest BCUT2D eigenvalue weighted by Gasteiger charge is 2.07. The van der Waals surface area contributed by atoms with Crippen molar-refractivity contribution in [1.29, 1.82) is 0 Å². The molecule has 1 aromatic carbocycles. The average Bonchev–Trinajstić information content (AvgIpc) is 2.41. The molecule has 0 heterocycles. The van der Waals surface area contributed by atoms with Crippen LogP contribution in [-0.4, -0.2) is 32.3 Å². The zero-order chi connectivity index (χ0) is 15.0. The average molecular weight is 284 g/mol. The number of ether oxygens (including phenoxy) is 2. The molecule has 0 bridgehead atoms. The van der Waals surface area contributed by atoms with Gasteiger partial charge in [0, 0.05) is 18.9 Å². The smallest absolute Gasteiger partial charge is 0.210 e. The van der Waals surface area contributed by atoms with E-state index in [0.717, 1.165) is 0 Å². The number of aliphatic imine (C=N–C) groups is 1. The van der Waals surface area contributed by atoms with Crippen molar-refractivity contribution in [3.05, 3.63) is 24.0 Å². The summed E-state index contributed by atoms with van der Waals surface area (Å²) in [5.74, 6) is 5.48. The summed E-state index contributed by atoms with van der Waals surface area (Å²) in [6, 6.07) is 4.47. The lowest BCUT2D eigenvalue weighted by molar-refractivity contribution is 0.185. The van der Waals surface area contributed by atoms with Crippen LogP contribution < -0.4 is 21.3 Å². The monoisotopic (exact) mass is 284 g/mol. The fourth-order valence-corrected chi connectivity index (χ4v) is 1.59. The van der Waals surface area contributed by atoms with Gasteiger partial charge in [-0.1, -0.05) is 0 Å². The molecule has 20 heavy (non-hydrogen) atoms. The molecule has 0 aliphatic heterocycles. The summed E-state index contributed by atoms with van der Waals surface area (Å²) in [5.41, 5.74) is 2.95. The molecule has 1 rings (SSSR count). The van der Waals surface area contributed by atoms with Crippen LogP contribution in [0.25, 0.3) is 0 Å². The van der Waals surface area contributed by atoms with E-state index in [0.29, 0.717) is 24.9 Å². The second kappa shape index (κ2) is 8.34. The number of hydrogen-bond donors (Lipinski definition) is 3. The lowest BCUT2D eigenvalue weighted by atomic mass is 10.3. The highest BCUT2D eigenvalue weighted by atomic mass is 19.1. The highest BCUT2D eigenvalue weighted by molar-refractivity contribution is 5.93. The Morgan fingerprint density at radius 2 is 2.25 bits per heavy atom. The SMILES string of the molecule is CCOc1ccc(NC(=NC(C)COC)NN)cc1F. The van der Waals surface area contributed by atoms with Crippen molar-refractivity contribution >= 4 is 11.6 Å².